The van der Waals surface area contributed by atoms with Gasteiger partial charge in [-0.15, -0.1) is 0 Å². The van der Waals surface area contributed by atoms with E-state index >= 15 is 0 Å². The first-order valence-electron chi connectivity index (χ1n) is 9.11. The van der Waals surface area contributed by atoms with Crippen LogP contribution in [0.25, 0.3) is 0 Å². The third-order valence-electron chi connectivity index (χ3n) is 5.96. The molecule has 2 heterocycles. The van der Waals surface area contributed by atoms with Crippen LogP contribution in [0.1, 0.15) is 50.3 Å². The number of rotatable bonds is 5. The molecule has 126 valence electrons. The number of fused-ring (bicyclic) bond motifs is 2. The Morgan fingerprint density at radius 3 is 2.83 bits per heavy atom. The number of hydrogen-bond donors (Lipinski definition) is 2. The van der Waals surface area contributed by atoms with Gasteiger partial charge in [0, 0.05) is 12.6 Å². The Labute approximate surface area is 144 Å². The number of hydrogen-bond acceptors (Lipinski definition) is 3. The van der Waals surface area contributed by atoms with Gasteiger partial charge in [0.1, 0.15) is 5.76 Å². The van der Waals surface area contributed by atoms with Crippen LogP contribution in [0.5, 0.6) is 0 Å². The molecule has 2 bridgehead atoms. The molecule has 1 aliphatic heterocycles. The Bertz CT molecular complexity index is 526. The Kier molecular flexibility index (Phi) is 4.58. The zero-order chi connectivity index (χ0) is 15.6. The number of nitrogens with one attached hydrogen (secondary N) is 2. The van der Waals surface area contributed by atoms with Crippen molar-refractivity contribution in [2.45, 2.75) is 50.6 Å². The van der Waals surface area contributed by atoms with E-state index in [1.54, 1.807) is 6.26 Å². The molecule has 0 radical (unpaired) electrons. The van der Waals surface area contributed by atoms with E-state index in [9.17, 15) is 0 Å². The maximum atomic E-state index is 5.67. The maximum absolute atomic E-state index is 5.67. The lowest BCUT2D eigenvalue weighted by Gasteiger charge is -2.28. The van der Waals surface area contributed by atoms with Crippen molar-refractivity contribution in [3.8, 4) is 0 Å². The van der Waals surface area contributed by atoms with E-state index in [0.717, 1.165) is 42.3 Å². The van der Waals surface area contributed by atoms with Crippen LogP contribution < -0.4 is 10.6 Å². The molecule has 4 atom stereocenters. The van der Waals surface area contributed by atoms with E-state index in [1.165, 1.54) is 38.5 Å². The smallest absolute Gasteiger partial charge is 0.166 e. The highest BCUT2D eigenvalue weighted by Gasteiger charge is 2.39. The van der Waals surface area contributed by atoms with Gasteiger partial charge in [-0.25, -0.2) is 0 Å². The minimum Gasteiger partial charge on any atom is -0.468 e. The van der Waals surface area contributed by atoms with Crippen molar-refractivity contribution < 1.29 is 4.42 Å². The van der Waals surface area contributed by atoms with Gasteiger partial charge in [-0.05, 0) is 81.4 Å². The quantitative estimate of drug-likeness (QED) is 0.811. The summed E-state index contributed by atoms with van der Waals surface area (Å²) in [5.41, 5.74) is 0. The fraction of sp³-hybridized carbons (Fsp3) is 0.722. The molecule has 3 fully saturated rings. The van der Waals surface area contributed by atoms with Crippen molar-refractivity contribution in [1.82, 2.24) is 15.5 Å². The monoisotopic (exact) mass is 333 g/mol. The molecule has 0 unspecified atom stereocenters. The lowest BCUT2D eigenvalue weighted by atomic mass is 9.96. The largest absolute Gasteiger partial charge is 0.468 e. The lowest BCUT2D eigenvalue weighted by molar-refractivity contribution is 0.215. The highest BCUT2D eigenvalue weighted by atomic mass is 32.1. The zero-order valence-corrected chi connectivity index (χ0v) is 14.5. The summed E-state index contributed by atoms with van der Waals surface area (Å²) in [4.78, 5) is 2.51. The van der Waals surface area contributed by atoms with Gasteiger partial charge in [-0.1, -0.05) is 6.42 Å². The van der Waals surface area contributed by atoms with Crippen molar-refractivity contribution in [2.24, 2.45) is 11.8 Å². The van der Waals surface area contributed by atoms with E-state index in [4.69, 9.17) is 16.6 Å². The summed E-state index contributed by atoms with van der Waals surface area (Å²) in [6.07, 6.45) is 9.86. The second-order valence-corrected chi connectivity index (χ2v) is 7.82. The fourth-order valence-electron chi connectivity index (χ4n) is 4.77. The maximum Gasteiger partial charge on any atom is 0.166 e. The van der Waals surface area contributed by atoms with Crippen molar-refractivity contribution in [1.29, 1.82) is 0 Å². The van der Waals surface area contributed by atoms with Gasteiger partial charge in [0.25, 0.3) is 0 Å². The summed E-state index contributed by atoms with van der Waals surface area (Å²) in [6, 6.07) is 4.94. The van der Waals surface area contributed by atoms with Crippen LogP contribution >= 0.6 is 12.2 Å². The SMILES string of the molecule is S=C(NC[C@H](c1ccco1)N1CCCC1)N[C@H]1C[C@H]2CC[C@H]1C2. The standard InChI is InChI=1S/C18H27N3OS/c23-18(20-15-11-13-5-6-14(15)10-13)19-12-16(17-4-3-9-22-17)21-7-1-2-8-21/h3-4,9,13-16H,1-2,5-8,10-12H2,(H2,19,20,23)/t13-,14-,15-,16+/m0/s1. The minimum absolute atomic E-state index is 0.285. The first kappa shape index (κ1) is 15.5. The van der Waals surface area contributed by atoms with E-state index in [2.05, 4.69) is 21.6 Å². The van der Waals surface area contributed by atoms with Crippen LogP contribution in [0.4, 0.5) is 0 Å². The molecule has 0 amide bonds. The number of nitrogens with zero attached hydrogens (tertiary/aromatic N) is 1. The van der Waals surface area contributed by atoms with Gasteiger partial charge >= 0.3 is 0 Å². The molecule has 2 aliphatic carbocycles. The molecule has 2 N–H and O–H groups in total. The number of likely N-dealkylation sites (tertiary alicyclic amines) is 1. The lowest BCUT2D eigenvalue weighted by Crippen LogP contribution is -2.46. The first-order valence-corrected chi connectivity index (χ1v) is 9.52. The summed E-state index contributed by atoms with van der Waals surface area (Å²) in [7, 11) is 0. The summed E-state index contributed by atoms with van der Waals surface area (Å²) in [5.74, 6) is 2.84. The molecule has 2 saturated carbocycles. The van der Waals surface area contributed by atoms with Crippen molar-refractivity contribution >= 4 is 17.3 Å². The third kappa shape index (κ3) is 3.41. The average molecular weight is 334 g/mol. The predicted molar refractivity (Wildman–Crippen MR) is 95.2 cm³/mol. The predicted octanol–water partition coefficient (Wildman–Crippen LogP) is 3.07. The molecule has 1 saturated heterocycles. The van der Waals surface area contributed by atoms with Crippen molar-refractivity contribution in [2.75, 3.05) is 19.6 Å². The Balaban J connectivity index is 1.31. The van der Waals surface area contributed by atoms with Gasteiger partial charge < -0.3 is 15.1 Å². The molecule has 1 aromatic rings. The van der Waals surface area contributed by atoms with E-state index in [0.29, 0.717) is 6.04 Å². The van der Waals surface area contributed by atoms with E-state index in [-0.39, 0.29) is 6.04 Å². The second kappa shape index (κ2) is 6.81. The number of furan rings is 1. The Hall–Kier alpha value is -1.07. The second-order valence-electron chi connectivity index (χ2n) is 7.41. The molecule has 1 aromatic heterocycles. The van der Waals surface area contributed by atoms with Crippen LogP contribution in [-0.2, 0) is 0 Å². The summed E-state index contributed by atoms with van der Waals surface area (Å²) in [6.45, 7) is 3.12. The van der Waals surface area contributed by atoms with Gasteiger partial charge in [-0.2, -0.15) is 0 Å². The highest BCUT2D eigenvalue weighted by molar-refractivity contribution is 7.80. The van der Waals surface area contributed by atoms with Crippen LogP contribution in [-0.4, -0.2) is 35.7 Å². The molecular weight excluding hydrogens is 306 g/mol. The van der Waals surface area contributed by atoms with Crippen LogP contribution in [0.15, 0.2) is 22.8 Å². The topological polar surface area (TPSA) is 40.4 Å². The van der Waals surface area contributed by atoms with Crippen molar-refractivity contribution in [3.63, 3.8) is 0 Å². The van der Waals surface area contributed by atoms with Gasteiger partial charge in [0.15, 0.2) is 5.11 Å². The van der Waals surface area contributed by atoms with E-state index < -0.39 is 0 Å². The first-order chi connectivity index (χ1) is 11.3. The molecule has 0 spiro atoms. The van der Waals surface area contributed by atoms with Crippen molar-refractivity contribution in [3.05, 3.63) is 24.2 Å². The summed E-state index contributed by atoms with van der Waals surface area (Å²) < 4.78 is 5.67. The molecule has 5 heteroatoms. The normalized spacial score (nSPS) is 31.4. The van der Waals surface area contributed by atoms with Gasteiger partial charge in [-0.3, -0.25) is 4.90 Å². The highest BCUT2D eigenvalue weighted by Crippen LogP contribution is 2.44. The van der Waals surface area contributed by atoms with Crippen LogP contribution in [0.3, 0.4) is 0 Å². The number of thiocarbonyl (C=S) groups is 1. The summed E-state index contributed by atoms with van der Waals surface area (Å²) >= 11 is 5.56. The molecule has 4 nitrogen and oxygen atoms in total. The average Bonchev–Trinajstić information content (AvgIpc) is 3.33. The molecule has 3 aliphatic rings. The Morgan fingerprint density at radius 1 is 1.30 bits per heavy atom. The van der Waals surface area contributed by atoms with Crippen LogP contribution in [0, 0.1) is 11.8 Å². The van der Waals surface area contributed by atoms with Crippen LogP contribution in [0.2, 0.25) is 0 Å². The van der Waals surface area contributed by atoms with E-state index in [1.807, 2.05) is 6.07 Å². The van der Waals surface area contributed by atoms with Gasteiger partial charge in [0.05, 0.1) is 12.3 Å². The fourth-order valence-corrected chi connectivity index (χ4v) is 5.01. The Morgan fingerprint density at radius 2 is 2.17 bits per heavy atom. The molecule has 4 rings (SSSR count). The third-order valence-corrected chi connectivity index (χ3v) is 6.23. The molecular formula is C18H27N3OS. The molecule has 23 heavy (non-hydrogen) atoms. The summed E-state index contributed by atoms with van der Waals surface area (Å²) in [5, 5.41) is 7.84. The zero-order valence-electron chi connectivity index (χ0n) is 13.7. The minimum atomic E-state index is 0.285. The van der Waals surface area contributed by atoms with Gasteiger partial charge in [0.2, 0.25) is 0 Å². The molecule has 0 aromatic carbocycles.